The fourth-order valence-electron chi connectivity index (χ4n) is 3.27. The Balaban J connectivity index is 1.48. The van der Waals surface area contributed by atoms with E-state index in [-0.39, 0.29) is 5.91 Å². The van der Waals surface area contributed by atoms with Gasteiger partial charge in [-0.25, -0.2) is 0 Å². The van der Waals surface area contributed by atoms with E-state index in [1.807, 2.05) is 40.6 Å². The van der Waals surface area contributed by atoms with Crippen LogP contribution in [0.1, 0.15) is 9.67 Å². The second-order valence-electron chi connectivity index (χ2n) is 6.14. The molecule has 1 aromatic heterocycles. The van der Waals surface area contributed by atoms with E-state index in [9.17, 15) is 4.79 Å². The average molecular weight is 348 g/mol. The minimum absolute atomic E-state index is 0.154. The van der Waals surface area contributed by atoms with Crippen molar-refractivity contribution in [1.82, 2.24) is 4.90 Å². The summed E-state index contributed by atoms with van der Waals surface area (Å²) >= 11 is 1.54. The summed E-state index contributed by atoms with van der Waals surface area (Å²) in [6.07, 6.45) is 0. The summed E-state index contributed by atoms with van der Waals surface area (Å²) in [5, 5.41) is 2.01. The summed E-state index contributed by atoms with van der Waals surface area (Å²) < 4.78 is 0. The van der Waals surface area contributed by atoms with Crippen LogP contribution in [0.25, 0.3) is 11.1 Å². The van der Waals surface area contributed by atoms with E-state index in [1.165, 1.54) is 17.0 Å². The molecule has 1 saturated heterocycles. The van der Waals surface area contributed by atoms with E-state index in [4.69, 9.17) is 0 Å². The molecule has 0 atom stereocenters. The zero-order valence-electron chi connectivity index (χ0n) is 14.0. The first kappa shape index (κ1) is 15.9. The number of carbonyl (C=O) groups is 1. The zero-order valence-corrected chi connectivity index (χ0v) is 14.8. The molecule has 3 nitrogen and oxygen atoms in total. The number of carbonyl (C=O) groups excluding carboxylic acids is 1. The Morgan fingerprint density at radius 3 is 2.12 bits per heavy atom. The van der Waals surface area contributed by atoms with Gasteiger partial charge >= 0.3 is 0 Å². The van der Waals surface area contributed by atoms with Gasteiger partial charge in [0.15, 0.2) is 0 Å². The van der Waals surface area contributed by atoms with Crippen LogP contribution in [0.5, 0.6) is 0 Å². The third-order valence-electron chi connectivity index (χ3n) is 4.63. The van der Waals surface area contributed by atoms with Crippen LogP contribution in [0.2, 0.25) is 0 Å². The van der Waals surface area contributed by atoms with Gasteiger partial charge in [-0.1, -0.05) is 48.5 Å². The Morgan fingerprint density at radius 2 is 1.44 bits per heavy atom. The van der Waals surface area contributed by atoms with Crippen molar-refractivity contribution in [2.45, 2.75) is 0 Å². The highest BCUT2D eigenvalue weighted by atomic mass is 32.1. The Labute approximate surface area is 152 Å². The van der Waals surface area contributed by atoms with Gasteiger partial charge in [0.05, 0.1) is 4.88 Å². The standard InChI is InChI=1S/C21H20N2OS/c24-21(20-19(11-16-25-20)17-7-3-1-4-8-17)23-14-12-22(13-15-23)18-9-5-2-6-10-18/h1-11,16H,12-15H2. The van der Waals surface area contributed by atoms with Gasteiger partial charge in [-0.3, -0.25) is 4.79 Å². The lowest BCUT2D eigenvalue weighted by Crippen LogP contribution is -2.48. The number of para-hydroxylation sites is 1. The summed E-state index contributed by atoms with van der Waals surface area (Å²) in [7, 11) is 0. The van der Waals surface area contributed by atoms with Crippen molar-refractivity contribution in [2.24, 2.45) is 0 Å². The van der Waals surface area contributed by atoms with Crippen LogP contribution in [-0.4, -0.2) is 37.0 Å². The average Bonchev–Trinajstić information content (AvgIpc) is 3.19. The fraction of sp³-hybridized carbons (Fsp3) is 0.190. The summed E-state index contributed by atoms with van der Waals surface area (Å²) in [6, 6.07) is 22.6. The van der Waals surface area contributed by atoms with Crippen molar-refractivity contribution in [2.75, 3.05) is 31.1 Å². The van der Waals surface area contributed by atoms with E-state index in [0.717, 1.165) is 42.2 Å². The first-order valence-corrected chi connectivity index (χ1v) is 9.43. The Hall–Kier alpha value is -2.59. The van der Waals surface area contributed by atoms with Crippen LogP contribution in [0.4, 0.5) is 5.69 Å². The van der Waals surface area contributed by atoms with E-state index >= 15 is 0 Å². The maximum Gasteiger partial charge on any atom is 0.264 e. The number of anilines is 1. The van der Waals surface area contributed by atoms with Gasteiger partial charge in [-0.15, -0.1) is 11.3 Å². The van der Waals surface area contributed by atoms with E-state index in [0.29, 0.717) is 0 Å². The van der Waals surface area contributed by atoms with Gasteiger partial charge in [-0.2, -0.15) is 0 Å². The van der Waals surface area contributed by atoms with Crippen molar-refractivity contribution < 1.29 is 4.79 Å². The van der Waals surface area contributed by atoms with Gasteiger partial charge in [0.1, 0.15) is 0 Å². The number of piperazine rings is 1. The molecule has 126 valence electrons. The number of rotatable bonds is 3. The molecular weight excluding hydrogens is 328 g/mol. The molecule has 0 radical (unpaired) electrons. The Kier molecular flexibility index (Phi) is 4.53. The van der Waals surface area contributed by atoms with E-state index < -0.39 is 0 Å². The summed E-state index contributed by atoms with van der Waals surface area (Å²) in [4.78, 5) is 18.2. The normalized spacial score (nSPS) is 14.6. The van der Waals surface area contributed by atoms with Gasteiger partial charge in [0, 0.05) is 37.4 Å². The highest BCUT2D eigenvalue weighted by Crippen LogP contribution is 2.29. The van der Waals surface area contributed by atoms with E-state index in [2.05, 4.69) is 41.3 Å². The van der Waals surface area contributed by atoms with Crippen LogP contribution in [0.3, 0.4) is 0 Å². The maximum atomic E-state index is 13.0. The number of nitrogens with zero attached hydrogens (tertiary/aromatic N) is 2. The lowest BCUT2D eigenvalue weighted by atomic mass is 10.1. The predicted octanol–water partition coefficient (Wildman–Crippen LogP) is 4.38. The monoisotopic (exact) mass is 348 g/mol. The summed E-state index contributed by atoms with van der Waals surface area (Å²) in [6.45, 7) is 3.28. The molecule has 2 heterocycles. The van der Waals surface area contributed by atoms with Crippen LogP contribution >= 0.6 is 11.3 Å². The molecule has 1 aliphatic rings. The highest BCUT2D eigenvalue weighted by Gasteiger charge is 2.25. The lowest BCUT2D eigenvalue weighted by Gasteiger charge is -2.36. The predicted molar refractivity (Wildman–Crippen MR) is 104 cm³/mol. The number of benzene rings is 2. The Bertz CT molecular complexity index is 837. The van der Waals surface area contributed by atoms with Crippen LogP contribution in [-0.2, 0) is 0 Å². The fourth-order valence-corrected chi connectivity index (χ4v) is 4.15. The summed E-state index contributed by atoms with van der Waals surface area (Å²) in [5.74, 6) is 0.154. The lowest BCUT2D eigenvalue weighted by molar-refractivity contribution is 0.0752. The number of amides is 1. The number of hydrogen-bond donors (Lipinski definition) is 0. The molecule has 2 aromatic carbocycles. The second kappa shape index (κ2) is 7.11. The molecule has 0 N–H and O–H groups in total. The molecule has 1 fully saturated rings. The minimum Gasteiger partial charge on any atom is -0.368 e. The van der Waals surface area contributed by atoms with Crippen molar-refractivity contribution >= 4 is 22.9 Å². The molecule has 25 heavy (non-hydrogen) atoms. The van der Waals surface area contributed by atoms with Crippen molar-refractivity contribution in [1.29, 1.82) is 0 Å². The summed E-state index contributed by atoms with van der Waals surface area (Å²) in [5.41, 5.74) is 3.38. The molecule has 0 bridgehead atoms. The Morgan fingerprint density at radius 1 is 0.800 bits per heavy atom. The van der Waals surface area contributed by atoms with Crippen LogP contribution in [0.15, 0.2) is 72.1 Å². The van der Waals surface area contributed by atoms with Gasteiger partial charge in [-0.05, 0) is 29.1 Å². The molecule has 0 aliphatic carbocycles. The van der Waals surface area contributed by atoms with Crippen molar-refractivity contribution in [3.05, 3.63) is 77.0 Å². The van der Waals surface area contributed by atoms with Crippen molar-refractivity contribution in [3.63, 3.8) is 0 Å². The zero-order chi connectivity index (χ0) is 17.1. The molecule has 4 rings (SSSR count). The molecule has 0 spiro atoms. The molecular formula is C21H20N2OS. The van der Waals surface area contributed by atoms with Gasteiger partial charge in [0.25, 0.3) is 5.91 Å². The first-order valence-electron chi connectivity index (χ1n) is 8.55. The molecule has 1 aliphatic heterocycles. The second-order valence-corrected chi connectivity index (χ2v) is 7.06. The molecule has 0 saturated carbocycles. The van der Waals surface area contributed by atoms with Crippen molar-refractivity contribution in [3.8, 4) is 11.1 Å². The smallest absolute Gasteiger partial charge is 0.264 e. The quantitative estimate of drug-likeness (QED) is 0.701. The maximum absolute atomic E-state index is 13.0. The molecule has 0 unspecified atom stereocenters. The van der Waals surface area contributed by atoms with Crippen LogP contribution in [0, 0.1) is 0 Å². The first-order chi connectivity index (χ1) is 12.3. The topological polar surface area (TPSA) is 23.6 Å². The number of thiophene rings is 1. The third kappa shape index (κ3) is 3.30. The minimum atomic E-state index is 0.154. The largest absolute Gasteiger partial charge is 0.368 e. The van der Waals surface area contributed by atoms with E-state index in [1.54, 1.807) is 0 Å². The third-order valence-corrected chi connectivity index (χ3v) is 5.53. The highest BCUT2D eigenvalue weighted by molar-refractivity contribution is 7.12. The number of hydrogen-bond acceptors (Lipinski definition) is 3. The molecule has 3 aromatic rings. The van der Waals surface area contributed by atoms with Crippen LogP contribution < -0.4 is 4.90 Å². The molecule has 1 amide bonds. The van der Waals surface area contributed by atoms with Gasteiger partial charge in [0.2, 0.25) is 0 Å². The SMILES string of the molecule is O=C(c1sccc1-c1ccccc1)N1CCN(c2ccccc2)CC1. The van der Waals surface area contributed by atoms with Gasteiger partial charge < -0.3 is 9.80 Å². The molecule has 4 heteroatoms.